The number of amides is 2. The van der Waals surface area contributed by atoms with Gasteiger partial charge in [-0.1, -0.05) is 6.07 Å². The number of aromatic nitrogens is 1. The summed E-state index contributed by atoms with van der Waals surface area (Å²) in [6, 6.07) is 5.61. The number of hydrogen-bond donors (Lipinski definition) is 2. The fourth-order valence-electron chi connectivity index (χ4n) is 4.17. The molecule has 4 rings (SSSR count). The smallest absolute Gasteiger partial charge is 0.475 e. The van der Waals surface area contributed by atoms with Gasteiger partial charge in [0.1, 0.15) is 12.3 Å². The number of nitrogens with one attached hydrogen (secondary N) is 1. The van der Waals surface area contributed by atoms with Crippen LogP contribution in [0.25, 0.3) is 0 Å². The van der Waals surface area contributed by atoms with Crippen LogP contribution in [-0.2, 0) is 25.7 Å². The Labute approximate surface area is 187 Å². The van der Waals surface area contributed by atoms with Crippen LogP contribution >= 0.6 is 0 Å². The number of fused-ring (bicyclic) bond motifs is 1. The third-order valence-corrected chi connectivity index (χ3v) is 5.97. The predicted octanol–water partition coefficient (Wildman–Crippen LogP) is 2.23. The van der Waals surface area contributed by atoms with Gasteiger partial charge in [-0.2, -0.15) is 13.2 Å². The maximum Gasteiger partial charge on any atom is 0.490 e. The molecular formula is C21H25F4N3O5. The zero-order chi connectivity index (χ0) is 24.2. The van der Waals surface area contributed by atoms with E-state index in [1.165, 1.54) is 0 Å². The molecule has 0 radical (unpaired) electrons. The summed E-state index contributed by atoms with van der Waals surface area (Å²) in [4.78, 5) is 39.9. The van der Waals surface area contributed by atoms with Crippen molar-refractivity contribution < 1.29 is 41.8 Å². The van der Waals surface area contributed by atoms with Crippen LogP contribution in [0.2, 0.25) is 0 Å². The third-order valence-electron chi connectivity index (χ3n) is 5.97. The summed E-state index contributed by atoms with van der Waals surface area (Å²) in [6.45, 7) is 1.02. The van der Waals surface area contributed by atoms with Crippen LogP contribution in [0.1, 0.15) is 37.8 Å². The van der Waals surface area contributed by atoms with Crippen LogP contribution in [0.5, 0.6) is 0 Å². The molecule has 8 nitrogen and oxygen atoms in total. The Balaban J connectivity index is 0.000000383. The summed E-state index contributed by atoms with van der Waals surface area (Å²) in [5, 5.41) is 10.0. The minimum atomic E-state index is -5.08. The van der Waals surface area contributed by atoms with Crippen molar-refractivity contribution in [2.45, 2.75) is 69.2 Å². The first-order valence-corrected chi connectivity index (χ1v) is 10.6. The van der Waals surface area contributed by atoms with Crippen molar-refractivity contribution in [3.05, 3.63) is 30.1 Å². The molecular weight excluding hydrogens is 450 g/mol. The van der Waals surface area contributed by atoms with E-state index in [1.54, 1.807) is 6.20 Å². The number of alkyl halides is 4. The summed E-state index contributed by atoms with van der Waals surface area (Å²) in [7, 11) is 0. The lowest BCUT2D eigenvalue weighted by molar-refractivity contribution is -0.192. The van der Waals surface area contributed by atoms with E-state index in [1.807, 2.05) is 23.1 Å². The number of hydrogen-bond acceptors (Lipinski definition) is 5. The molecule has 3 heterocycles. The maximum atomic E-state index is 13.0. The van der Waals surface area contributed by atoms with Crippen molar-refractivity contribution >= 4 is 17.8 Å². The second-order valence-electron chi connectivity index (χ2n) is 8.24. The van der Waals surface area contributed by atoms with Crippen molar-refractivity contribution in [3.8, 4) is 0 Å². The quantitative estimate of drug-likeness (QED) is 0.647. The summed E-state index contributed by atoms with van der Waals surface area (Å²) in [6.07, 6.45) is -1.99. The van der Waals surface area contributed by atoms with Gasteiger partial charge in [-0.15, -0.1) is 0 Å². The van der Waals surface area contributed by atoms with E-state index in [0.29, 0.717) is 32.4 Å². The van der Waals surface area contributed by atoms with Crippen LogP contribution in [0, 0.1) is 5.92 Å². The Bertz CT molecular complexity index is 848. The fourth-order valence-corrected chi connectivity index (χ4v) is 4.17. The average molecular weight is 475 g/mol. The number of rotatable bonds is 4. The zero-order valence-corrected chi connectivity index (χ0v) is 17.6. The number of pyridine rings is 1. The number of ether oxygens (including phenoxy) is 1. The Morgan fingerprint density at radius 1 is 1.18 bits per heavy atom. The van der Waals surface area contributed by atoms with Crippen LogP contribution in [0.3, 0.4) is 0 Å². The van der Waals surface area contributed by atoms with Crippen molar-refractivity contribution in [1.82, 2.24) is 15.2 Å². The van der Waals surface area contributed by atoms with E-state index in [9.17, 15) is 27.2 Å². The molecule has 0 spiro atoms. The largest absolute Gasteiger partial charge is 0.490 e. The second-order valence-corrected chi connectivity index (χ2v) is 8.24. The number of carboxylic acid groups (broad SMARTS) is 1. The fraction of sp³-hybridized carbons (Fsp3) is 0.619. The molecule has 3 fully saturated rings. The predicted molar refractivity (Wildman–Crippen MR) is 105 cm³/mol. The topological polar surface area (TPSA) is 109 Å². The molecule has 1 saturated carbocycles. The first-order valence-electron chi connectivity index (χ1n) is 10.6. The van der Waals surface area contributed by atoms with Crippen LogP contribution < -0.4 is 5.32 Å². The first-order chi connectivity index (χ1) is 15.6. The van der Waals surface area contributed by atoms with E-state index < -0.39 is 24.4 Å². The molecule has 3 atom stereocenters. The summed E-state index contributed by atoms with van der Waals surface area (Å²) < 4.78 is 50.8. The highest BCUT2D eigenvalue weighted by atomic mass is 19.4. The molecule has 2 saturated heterocycles. The lowest BCUT2D eigenvalue weighted by Crippen LogP contribution is -2.51. The lowest BCUT2D eigenvalue weighted by Gasteiger charge is -2.38. The summed E-state index contributed by atoms with van der Waals surface area (Å²) >= 11 is 0. The molecule has 3 aliphatic rings. The van der Waals surface area contributed by atoms with Gasteiger partial charge >= 0.3 is 12.1 Å². The summed E-state index contributed by atoms with van der Waals surface area (Å²) in [5.74, 6) is -2.98. The minimum Gasteiger partial charge on any atom is -0.475 e. The number of nitrogens with zero attached hydrogens (tertiary/aromatic N) is 2. The monoisotopic (exact) mass is 475 g/mol. The minimum absolute atomic E-state index is 0.0287. The number of carbonyl (C=O) groups excluding carboxylic acids is 2. The van der Waals surface area contributed by atoms with E-state index in [2.05, 4.69) is 10.3 Å². The molecule has 0 bridgehead atoms. The number of aliphatic carboxylic acids is 1. The Morgan fingerprint density at radius 3 is 2.45 bits per heavy atom. The molecule has 1 aromatic rings. The van der Waals surface area contributed by atoms with Crippen molar-refractivity contribution in [1.29, 1.82) is 0 Å². The van der Waals surface area contributed by atoms with Crippen molar-refractivity contribution in [2.24, 2.45) is 5.92 Å². The Kier molecular flexibility index (Phi) is 7.88. The maximum absolute atomic E-state index is 13.0. The van der Waals surface area contributed by atoms with Gasteiger partial charge in [-0.3, -0.25) is 14.6 Å². The lowest BCUT2D eigenvalue weighted by atomic mass is 9.82. The molecule has 12 heteroatoms. The van der Waals surface area contributed by atoms with E-state index in [-0.39, 0.29) is 29.9 Å². The normalized spacial score (nSPS) is 28.6. The van der Waals surface area contributed by atoms with Crippen molar-refractivity contribution in [3.63, 3.8) is 0 Å². The van der Waals surface area contributed by atoms with Gasteiger partial charge in [0.05, 0.1) is 24.4 Å². The van der Waals surface area contributed by atoms with Gasteiger partial charge in [-0.25, -0.2) is 9.18 Å². The number of halogens is 4. The first kappa shape index (κ1) is 24.9. The Morgan fingerprint density at radius 2 is 1.88 bits per heavy atom. The highest BCUT2D eigenvalue weighted by molar-refractivity contribution is 5.82. The van der Waals surface area contributed by atoms with E-state index >= 15 is 0 Å². The highest BCUT2D eigenvalue weighted by Crippen LogP contribution is 2.37. The van der Waals surface area contributed by atoms with E-state index in [4.69, 9.17) is 14.6 Å². The van der Waals surface area contributed by atoms with Crippen LogP contribution in [0.4, 0.5) is 17.6 Å². The highest BCUT2D eigenvalue weighted by Gasteiger charge is 2.46. The second kappa shape index (κ2) is 10.4. The molecule has 2 N–H and O–H groups in total. The molecule has 1 aliphatic carbocycles. The van der Waals surface area contributed by atoms with Crippen molar-refractivity contribution in [2.75, 3.05) is 6.54 Å². The summed E-state index contributed by atoms with van der Waals surface area (Å²) in [5.41, 5.74) is 0.804. The molecule has 2 aliphatic heterocycles. The van der Waals surface area contributed by atoms with Crippen LogP contribution in [0.15, 0.2) is 24.4 Å². The third kappa shape index (κ3) is 6.40. The zero-order valence-electron chi connectivity index (χ0n) is 17.6. The van der Waals surface area contributed by atoms with Crippen LogP contribution in [-0.4, -0.2) is 69.9 Å². The number of carbonyl (C=O) groups is 3. The van der Waals surface area contributed by atoms with Gasteiger partial charge in [0.25, 0.3) is 0 Å². The van der Waals surface area contributed by atoms with Gasteiger partial charge < -0.3 is 20.1 Å². The average Bonchev–Trinajstić information content (AvgIpc) is 3.18. The number of likely N-dealkylation sites (tertiary alicyclic amines) is 1. The molecule has 182 valence electrons. The van der Waals surface area contributed by atoms with Gasteiger partial charge in [0.15, 0.2) is 0 Å². The number of carboxylic acids is 1. The molecule has 33 heavy (non-hydrogen) atoms. The molecule has 2 amide bonds. The molecule has 0 aromatic carbocycles. The Hall–Kier alpha value is -2.76. The van der Waals surface area contributed by atoms with Gasteiger partial charge in [0, 0.05) is 18.7 Å². The van der Waals surface area contributed by atoms with Gasteiger partial charge in [-0.05, 0) is 44.2 Å². The van der Waals surface area contributed by atoms with Gasteiger partial charge in [0.2, 0.25) is 11.8 Å². The molecule has 1 aromatic heterocycles. The SMILES string of the molecule is O=C(NCc1ccccn1)[C@H]1CC[C@@H]2[C@@H](CCN2C(=O)C2CC(F)C2)O1.O=C(O)C(F)(F)F. The van der Waals surface area contributed by atoms with E-state index in [0.717, 1.165) is 18.5 Å². The molecule has 0 unspecified atom stereocenters. The standard InChI is InChI=1S/C19H24FN3O3.C2HF3O2/c20-13-9-12(10-13)19(25)23-8-6-16-15(23)4-5-17(26-16)18(24)22-11-14-3-1-2-7-21-14;3-2(4,5)1(6)7/h1-3,7,12-13,15-17H,4-6,8-11H2,(H,22,24);(H,6,7)/t12?,13?,15-,16-,17-;/m1./s1.